The van der Waals surface area contributed by atoms with Crippen molar-refractivity contribution in [1.82, 2.24) is 20.3 Å². The maximum absolute atomic E-state index is 12.9. The summed E-state index contributed by atoms with van der Waals surface area (Å²) in [7, 11) is 0. The maximum atomic E-state index is 12.9. The molecule has 7 heteroatoms. The molecule has 0 saturated carbocycles. The fourth-order valence-electron chi connectivity index (χ4n) is 3.93. The second-order valence-electron chi connectivity index (χ2n) is 6.61. The first kappa shape index (κ1) is 14.5. The molecular formula is C16H22N4O3. The topological polar surface area (TPSA) is 78.7 Å². The quantitative estimate of drug-likeness (QED) is 0.888. The zero-order chi connectivity index (χ0) is 15.8. The van der Waals surface area contributed by atoms with E-state index in [2.05, 4.69) is 10.5 Å². The zero-order valence-electron chi connectivity index (χ0n) is 13.2. The van der Waals surface area contributed by atoms with E-state index in [4.69, 9.17) is 4.52 Å². The molecule has 4 rings (SSSR count). The Bertz CT molecular complexity index is 627. The molecule has 1 N–H and O–H groups in total. The van der Waals surface area contributed by atoms with E-state index in [-0.39, 0.29) is 18.0 Å². The number of piperidine rings is 1. The second kappa shape index (κ2) is 5.86. The van der Waals surface area contributed by atoms with Crippen LogP contribution in [0.25, 0.3) is 0 Å². The average molecular weight is 318 g/mol. The van der Waals surface area contributed by atoms with Crippen LogP contribution in [0.2, 0.25) is 0 Å². The molecule has 2 fully saturated rings. The van der Waals surface area contributed by atoms with Crippen molar-refractivity contribution in [2.24, 2.45) is 0 Å². The van der Waals surface area contributed by atoms with Crippen LogP contribution in [0.4, 0.5) is 4.79 Å². The highest BCUT2D eigenvalue weighted by Gasteiger charge is 2.35. The monoisotopic (exact) mass is 318 g/mol. The largest absolute Gasteiger partial charge is 0.360 e. The third-order valence-electron chi connectivity index (χ3n) is 5.17. The molecule has 0 spiro atoms. The predicted molar refractivity (Wildman–Crippen MR) is 82.2 cm³/mol. The third-order valence-corrected chi connectivity index (χ3v) is 5.17. The Morgan fingerprint density at radius 3 is 2.91 bits per heavy atom. The maximum Gasteiger partial charge on any atom is 0.317 e. The van der Waals surface area contributed by atoms with Gasteiger partial charge in [0.1, 0.15) is 5.76 Å². The molecule has 0 aromatic carbocycles. The summed E-state index contributed by atoms with van der Waals surface area (Å²) in [6.07, 6.45) is 5.82. The molecule has 2 saturated heterocycles. The smallest absolute Gasteiger partial charge is 0.317 e. The lowest BCUT2D eigenvalue weighted by molar-refractivity contribution is 0.0623. The minimum Gasteiger partial charge on any atom is -0.360 e. The van der Waals surface area contributed by atoms with Gasteiger partial charge in [-0.2, -0.15) is 0 Å². The summed E-state index contributed by atoms with van der Waals surface area (Å²) in [5, 5.41) is 6.89. The van der Waals surface area contributed by atoms with Gasteiger partial charge in [0.15, 0.2) is 5.69 Å². The van der Waals surface area contributed by atoms with Gasteiger partial charge in [-0.3, -0.25) is 4.79 Å². The minimum atomic E-state index is -0.0406. The molecule has 124 valence electrons. The van der Waals surface area contributed by atoms with Crippen LogP contribution in [0.3, 0.4) is 0 Å². The molecule has 3 heterocycles. The Hall–Kier alpha value is -2.05. The number of hydrogen-bond donors (Lipinski definition) is 1. The Kier molecular flexibility index (Phi) is 3.71. The molecule has 1 aromatic heterocycles. The van der Waals surface area contributed by atoms with Crippen molar-refractivity contribution in [1.29, 1.82) is 0 Å². The summed E-state index contributed by atoms with van der Waals surface area (Å²) >= 11 is 0. The SMILES string of the molecule is O=C(c1noc2c1CCCC2)N1CCC[C@@H](N2CCNC2=O)C1. The number of nitrogens with zero attached hydrogens (tertiary/aromatic N) is 3. The van der Waals surface area contributed by atoms with E-state index < -0.39 is 0 Å². The summed E-state index contributed by atoms with van der Waals surface area (Å²) in [5.41, 5.74) is 1.49. The lowest BCUT2D eigenvalue weighted by Gasteiger charge is -2.36. The molecule has 3 amide bonds. The van der Waals surface area contributed by atoms with E-state index in [1.807, 2.05) is 9.80 Å². The Morgan fingerprint density at radius 2 is 2.09 bits per heavy atom. The third kappa shape index (κ3) is 2.58. The molecule has 0 unspecified atom stereocenters. The first-order valence-electron chi connectivity index (χ1n) is 8.55. The van der Waals surface area contributed by atoms with Crippen molar-refractivity contribution in [2.45, 2.75) is 44.6 Å². The number of likely N-dealkylation sites (tertiary alicyclic amines) is 1. The van der Waals surface area contributed by atoms with Crippen LogP contribution in [0, 0.1) is 0 Å². The highest BCUT2D eigenvalue weighted by molar-refractivity contribution is 5.94. The van der Waals surface area contributed by atoms with E-state index in [1.165, 1.54) is 0 Å². The standard InChI is InChI=1S/C16H22N4O3/c21-15(14-12-5-1-2-6-13(12)23-18-14)19-8-3-4-11(10-19)20-9-7-17-16(20)22/h11H,1-10H2,(H,17,22)/t11-/m1/s1. The molecule has 1 aromatic rings. The fraction of sp³-hybridized carbons (Fsp3) is 0.688. The Balaban J connectivity index is 1.50. The normalized spacial score (nSPS) is 24.5. The average Bonchev–Trinajstić information content (AvgIpc) is 3.20. The van der Waals surface area contributed by atoms with E-state index in [1.54, 1.807) is 0 Å². The zero-order valence-corrected chi connectivity index (χ0v) is 13.2. The molecule has 23 heavy (non-hydrogen) atoms. The Morgan fingerprint density at radius 1 is 1.22 bits per heavy atom. The number of carbonyl (C=O) groups excluding carboxylic acids is 2. The van der Waals surface area contributed by atoms with Crippen molar-refractivity contribution >= 4 is 11.9 Å². The number of nitrogens with one attached hydrogen (secondary N) is 1. The molecule has 7 nitrogen and oxygen atoms in total. The van der Waals surface area contributed by atoms with E-state index in [0.717, 1.165) is 62.9 Å². The van der Waals surface area contributed by atoms with Gasteiger partial charge < -0.3 is 19.6 Å². The summed E-state index contributed by atoms with van der Waals surface area (Å²) in [4.78, 5) is 28.4. The van der Waals surface area contributed by atoms with Crippen LogP contribution < -0.4 is 5.32 Å². The molecule has 3 aliphatic rings. The highest BCUT2D eigenvalue weighted by Crippen LogP contribution is 2.26. The minimum absolute atomic E-state index is 0.0110. The van der Waals surface area contributed by atoms with Crippen LogP contribution in [0.1, 0.15) is 47.5 Å². The number of hydrogen-bond acceptors (Lipinski definition) is 4. The van der Waals surface area contributed by atoms with Gasteiger partial charge in [0.05, 0.1) is 6.04 Å². The van der Waals surface area contributed by atoms with Gasteiger partial charge in [-0.15, -0.1) is 0 Å². The molecule has 2 aliphatic heterocycles. The van der Waals surface area contributed by atoms with Crippen molar-refractivity contribution in [3.8, 4) is 0 Å². The van der Waals surface area contributed by atoms with Crippen LogP contribution >= 0.6 is 0 Å². The molecular weight excluding hydrogens is 296 g/mol. The molecule has 1 aliphatic carbocycles. The van der Waals surface area contributed by atoms with Crippen LogP contribution in [0.15, 0.2) is 4.52 Å². The van der Waals surface area contributed by atoms with Gasteiger partial charge in [0, 0.05) is 38.2 Å². The van der Waals surface area contributed by atoms with E-state index in [0.29, 0.717) is 18.8 Å². The number of rotatable bonds is 2. The van der Waals surface area contributed by atoms with Crippen LogP contribution in [-0.2, 0) is 12.8 Å². The number of aromatic nitrogens is 1. The van der Waals surface area contributed by atoms with Gasteiger partial charge in [-0.1, -0.05) is 5.16 Å². The van der Waals surface area contributed by atoms with Gasteiger partial charge >= 0.3 is 6.03 Å². The van der Waals surface area contributed by atoms with Gasteiger partial charge in [-0.25, -0.2) is 4.79 Å². The van der Waals surface area contributed by atoms with Crippen LogP contribution in [0.5, 0.6) is 0 Å². The second-order valence-corrected chi connectivity index (χ2v) is 6.61. The number of carbonyl (C=O) groups is 2. The van der Waals surface area contributed by atoms with E-state index >= 15 is 0 Å². The first-order chi connectivity index (χ1) is 11.2. The number of aryl methyl sites for hydroxylation is 1. The molecule has 1 atom stereocenters. The number of amides is 3. The summed E-state index contributed by atoms with van der Waals surface area (Å²) in [6, 6.07) is 0.0982. The highest BCUT2D eigenvalue weighted by atomic mass is 16.5. The van der Waals surface area contributed by atoms with Crippen molar-refractivity contribution in [2.75, 3.05) is 26.2 Å². The van der Waals surface area contributed by atoms with Crippen LogP contribution in [-0.4, -0.2) is 59.1 Å². The van der Waals surface area contributed by atoms with Crippen molar-refractivity contribution < 1.29 is 14.1 Å². The van der Waals surface area contributed by atoms with Crippen molar-refractivity contribution in [3.63, 3.8) is 0 Å². The molecule has 0 bridgehead atoms. The predicted octanol–water partition coefficient (Wildman–Crippen LogP) is 1.18. The summed E-state index contributed by atoms with van der Waals surface area (Å²) in [5.74, 6) is 0.841. The Labute approximate surface area is 135 Å². The summed E-state index contributed by atoms with van der Waals surface area (Å²) < 4.78 is 5.37. The fourth-order valence-corrected chi connectivity index (χ4v) is 3.93. The van der Waals surface area contributed by atoms with E-state index in [9.17, 15) is 9.59 Å². The van der Waals surface area contributed by atoms with Gasteiger partial charge in [-0.05, 0) is 32.1 Å². The van der Waals surface area contributed by atoms with Crippen molar-refractivity contribution in [3.05, 3.63) is 17.0 Å². The van der Waals surface area contributed by atoms with Gasteiger partial charge in [0.2, 0.25) is 0 Å². The number of urea groups is 1. The molecule has 0 radical (unpaired) electrons. The lowest BCUT2D eigenvalue weighted by Crippen LogP contribution is -2.50. The lowest BCUT2D eigenvalue weighted by atomic mass is 9.95. The summed E-state index contributed by atoms with van der Waals surface area (Å²) in [6.45, 7) is 2.74. The van der Waals surface area contributed by atoms with Gasteiger partial charge in [0.25, 0.3) is 5.91 Å². The first-order valence-corrected chi connectivity index (χ1v) is 8.55. The number of fused-ring (bicyclic) bond motifs is 1.